The Hall–Kier alpha value is -3.00. The maximum Gasteiger partial charge on any atom is 0.217 e. The summed E-state index contributed by atoms with van der Waals surface area (Å²) in [5.74, 6) is 1.50. The number of rotatable bonds is 0. The first-order valence-electron chi connectivity index (χ1n) is 10.8. The van der Waals surface area contributed by atoms with Gasteiger partial charge in [0, 0.05) is 17.0 Å². The minimum absolute atomic E-state index is 0.415. The average Bonchev–Trinajstić information content (AvgIpc) is 3.13. The van der Waals surface area contributed by atoms with Crippen molar-refractivity contribution >= 4 is 11.4 Å². The van der Waals surface area contributed by atoms with Crippen molar-refractivity contribution in [3.8, 4) is 5.75 Å². The van der Waals surface area contributed by atoms with E-state index in [2.05, 4.69) is 77.7 Å². The van der Waals surface area contributed by atoms with Gasteiger partial charge in [0.1, 0.15) is 5.75 Å². The first kappa shape index (κ1) is 15.9. The highest BCUT2D eigenvalue weighted by Gasteiger charge is 2.59. The summed E-state index contributed by atoms with van der Waals surface area (Å²) in [6, 6.07) is 26.6. The van der Waals surface area contributed by atoms with Gasteiger partial charge in [-0.05, 0) is 60.9 Å². The molecule has 0 saturated heterocycles. The van der Waals surface area contributed by atoms with E-state index in [1.54, 1.807) is 5.57 Å². The lowest BCUT2D eigenvalue weighted by Crippen LogP contribution is -2.56. The minimum Gasteiger partial charge on any atom is -0.461 e. The van der Waals surface area contributed by atoms with E-state index < -0.39 is 5.72 Å². The van der Waals surface area contributed by atoms with Crippen LogP contribution in [0.25, 0.3) is 5.70 Å². The molecule has 2 heteroatoms. The second-order valence-electron chi connectivity index (χ2n) is 8.81. The van der Waals surface area contributed by atoms with E-state index in [1.165, 1.54) is 46.5 Å². The van der Waals surface area contributed by atoms with Gasteiger partial charge in [0.2, 0.25) is 5.72 Å². The van der Waals surface area contributed by atoms with E-state index in [1.807, 2.05) is 0 Å². The van der Waals surface area contributed by atoms with Crippen molar-refractivity contribution in [1.82, 2.24) is 0 Å². The molecule has 2 nitrogen and oxygen atoms in total. The molecule has 0 bridgehead atoms. The molecular weight excluding hydrogens is 354 g/mol. The molecule has 2 aliphatic heterocycles. The predicted molar refractivity (Wildman–Crippen MR) is 116 cm³/mol. The molecule has 3 aromatic carbocycles. The smallest absolute Gasteiger partial charge is 0.217 e. The zero-order valence-electron chi connectivity index (χ0n) is 16.4. The largest absolute Gasteiger partial charge is 0.461 e. The fourth-order valence-corrected chi connectivity index (χ4v) is 6.26. The summed E-state index contributed by atoms with van der Waals surface area (Å²) in [4.78, 5) is 2.59. The molecule has 0 radical (unpaired) electrons. The minimum atomic E-state index is -0.415. The summed E-state index contributed by atoms with van der Waals surface area (Å²) >= 11 is 0. The maximum atomic E-state index is 6.98. The first-order chi connectivity index (χ1) is 14.4. The van der Waals surface area contributed by atoms with Crippen LogP contribution in [0.15, 0.2) is 78.4 Å². The monoisotopic (exact) mass is 377 g/mol. The van der Waals surface area contributed by atoms with Crippen molar-refractivity contribution in [2.75, 3.05) is 4.90 Å². The van der Waals surface area contributed by atoms with E-state index >= 15 is 0 Å². The standard InChI is InChI=1S/C27H23NO/c1-3-9-22-18(7-1)13-14-20-17-21-16-15-19-8-2-4-10-23(19)27(21)28(26(20)22)24-11-5-6-12-25(24)29-27/h1-12,21H,13-17H2/t21-,27-/m1/s1. The van der Waals surface area contributed by atoms with Crippen molar-refractivity contribution < 1.29 is 4.74 Å². The van der Waals surface area contributed by atoms with Crippen LogP contribution >= 0.6 is 0 Å². The summed E-state index contributed by atoms with van der Waals surface area (Å²) in [6.45, 7) is 0. The molecule has 142 valence electrons. The van der Waals surface area contributed by atoms with Crippen LogP contribution in [0, 0.1) is 5.92 Å². The molecule has 29 heavy (non-hydrogen) atoms. The third-order valence-electron chi connectivity index (χ3n) is 7.44. The molecule has 0 amide bonds. The number of aryl methyl sites for hydroxylation is 2. The highest BCUT2D eigenvalue weighted by Crippen LogP contribution is 2.62. The van der Waals surface area contributed by atoms with Gasteiger partial charge in [0.15, 0.2) is 0 Å². The lowest BCUT2D eigenvalue weighted by atomic mass is 9.68. The highest BCUT2D eigenvalue weighted by atomic mass is 16.5. The van der Waals surface area contributed by atoms with Crippen molar-refractivity contribution in [3.63, 3.8) is 0 Å². The number of para-hydroxylation sites is 2. The molecule has 0 saturated carbocycles. The Morgan fingerprint density at radius 3 is 2.55 bits per heavy atom. The van der Waals surface area contributed by atoms with Gasteiger partial charge in [0.25, 0.3) is 0 Å². The number of nitrogens with zero attached hydrogens (tertiary/aromatic N) is 1. The second kappa shape index (κ2) is 5.54. The van der Waals surface area contributed by atoms with Crippen LogP contribution in [0.1, 0.15) is 41.5 Å². The Labute approximate surface area is 171 Å². The number of fused-ring (bicyclic) bond motifs is 6. The zero-order chi connectivity index (χ0) is 19.0. The predicted octanol–water partition coefficient (Wildman–Crippen LogP) is 6.06. The van der Waals surface area contributed by atoms with Crippen LogP contribution in [0.3, 0.4) is 0 Å². The molecule has 0 fully saturated rings. The molecule has 2 aliphatic carbocycles. The van der Waals surface area contributed by atoms with Crippen LogP contribution in [-0.4, -0.2) is 0 Å². The van der Waals surface area contributed by atoms with Crippen LogP contribution in [0.2, 0.25) is 0 Å². The fourth-order valence-electron chi connectivity index (χ4n) is 6.26. The third kappa shape index (κ3) is 1.92. The van der Waals surface area contributed by atoms with Gasteiger partial charge >= 0.3 is 0 Å². The molecule has 0 unspecified atom stereocenters. The maximum absolute atomic E-state index is 6.98. The Kier molecular flexibility index (Phi) is 3.03. The van der Waals surface area contributed by atoms with E-state index in [0.29, 0.717) is 5.92 Å². The average molecular weight is 377 g/mol. The topological polar surface area (TPSA) is 12.5 Å². The lowest BCUT2D eigenvalue weighted by molar-refractivity contribution is 0.0104. The number of hydrogen-bond donors (Lipinski definition) is 0. The summed E-state index contributed by atoms with van der Waals surface area (Å²) < 4.78 is 6.98. The van der Waals surface area contributed by atoms with Gasteiger partial charge in [-0.1, -0.05) is 60.7 Å². The first-order valence-corrected chi connectivity index (χ1v) is 10.8. The molecule has 0 aromatic heterocycles. The van der Waals surface area contributed by atoms with Crippen LogP contribution in [0.4, 0.5) is 5.69 Å². The van der Waals surface area contributed by atoms with Crippen LogP contribution in [0.5, 0.6) is 5.75 Å². The van der Waals surface area contributed by atoms with E-state index in [4.69, 9.17) is 4.74 Å². The van der Waals surface area contributed by atoms with E-state index in [-0.39, 0.29) is 0 Å². The van der Waals surface area contributed by atoms with Crippen LogP contribution < -0.4 is 9.64 Å². The number of hydrogen-bond acceptors (Lipinski definition) is 2. The molecule has 7 rings (SSSR count). The quantitative estimate of drug-likeness (QED) is 0.472. The van der Waals surface area contributed by atoms with Gasteiger partial charge in [-0.25, -0.2) is 0 Å². The summed E-state index contributed by atoms with van der Waals surface area (Å²) in [5, 5.41) is 0. The molecule has 4 aliphatic rings. The number of allylic oxidation sites excluding steroid dienone is 1. The molecular formula is C27H23NO. The van der Waals surface area contributed by atoms with Gasteiger partial charge in [-0.15, -0.1) is 0 Å². The van der Waals surface area contributed by atoms with Crippen molar-refractivity contribution in [3.05, 3.63) is 101 Å². The van der Waals surface area contributed by atoms with Crippen LogP contribution in [-0.2, 0) is 18.6 Å². The van der Waals surface area contributed by atoms with Gasteiger partial charge in [-0.3, -0.25) is 4.90 Å². The van der Waals surface area contributed by atoms with Gasteiger partial charge in [-0.2, -0.15) is 0 Å². The Morgan fingerprint density at radius 1 is 0.793 bits per heavy atom. The third-order valence-corrected chi connectivity index (χ3v) is 7.44. The van der Waals surface area contributed by atoms with Gasteiger partial charge in [0.05, 0.1) is 11.4 Å². The van der Waals surface area contributed by atoms with Crippen molar-refractivity contribution in [1.29, 1.82) is 0 Å². The summed E-state index contributed by atoms with van der Waals surface area (Å²) in [7, 11) is 0. The number of ether oxygens (including phenoxy) is 1. The Bertz CT molecular complexity index is 1190. The molecule has 2 heterocycles. The number of anilines is 1. The Morgan fingerprint density at radius 2 is 1.59 bits per heavy atom. The summed E-state index contributed by atoms with van der Waals surface area (Å²) in [5.41, 5.74) is 9.49. The molecule has 0 N–H and O–H groups in total. The molecule has 1 spiro atoms. The number of benzene rings is 3. The molecule has 3 aromatic rings. The lowest BCUT2D eigenvalue weighted by Gasteiger charge is -2.53. The van der Waals surface area contributed by atoms with E-state index in [9.17, 15) is 0 Å². The van der Waals surface area contributed by atoms with Gasteiger partial charge < -0.3 is 4.74 Å². The highest BCUT2D eigenvalue weighted by molar-refractivity contribution is 5.90. The second-order valence-corrected chi connectivity index (χ2v) is 8.81. The van der Waals surface area contributed by atoms with Crippen molar-refractivity contribution in [2.45, 2.75) is 37.8 Å². The Balaban J connectivity index is 1.57. The van der Waals surface area contributed by atoms with Crippen molar-refractivity contribution in [2.24, 2.45) is 5.92 Å². The fraction of sp³-hybridized carbons (Fsp3) is 0.259. The normalized spacial score (nSPS) is 25.8. The zero-order valence-corrected chi connectivity index (χ0v) is 16.4. The van der Waals surface area contributed by atoms with E-state index in [0.717, 1.165) is 25.0 Å². The summed E-state index contributed by atoms with van der Waals surface area (Å²) in [6.07, 6.45) is 5.79. The SMILES string of the molecule is c1ccc2c(c1)CCC1=C2N2c3ccccc3O[C@]23c2ccccc2CC[C@@H]3C1. The molecule has 2 atom stereocenters.